The Hall–Kier alpha value is -1.96. The Morgan fingerprint density at radius 2 is 1.80 bits per heavy atom. The van der Waals surface area contributed by atoms with Crippen molar-refractivity contribution in [3.05, 3.63) is 69.9 Å². The second kappa shape index (κ2) is 6.40. The van der Waals surface area contributed by atoms with Gasteiger partial charge in [-0.3, -0.25) is 4.98 Å². The molecule has 3 rings (SSSR count). The molecule has 25 heavy (non-hydrogen) atoms. The fraction of sp³-hybridized carbons (Fsp3) is 0.176. The molecule has 2 heterocycles. The van der Waals surface area contributed by atoms with Gasteiger partial charge in [0.2, 0.25) is 0 Å². The minimum Gasteiger partial charge on any atom is -0.380 e. The number of hydrogen-bond acceptors (Lipinski definition) is 4. The number of alkyl halides is 3. The van der Waals surface area contributed by atoms with Gasteiger partial charge in [0, 0.05) is 24.2 Å². The second-order valence-electron chi connectivity index (χ2n) is 5.53. The fourth-order valence-corrected chi connectivity index (χ4v) is 3.53. The molecule has 0 amide bonds. The zero-order chi connectivity index (χ0) is 18.2. The largest absolute Gasteiger partial charge is 0.417 e. The molecule has 0 saturated heterocycles. The average molecular weight is 385 g/mol. The van der Waals surface area contributed by atoms with Gasteiger partial charge in [-0.15, -0.1) is 11.3 Å². The lowest BCUT2D eigenvalue weighted by molar-refractivity contribution is -0.137. The van der Waals surface area contributed by atoms with E-state index in [0.717, 1.165) is 17.4 Å². The van der Waals surface area contributed by atoms with E-state index >= 15 is 0 Å². The summed E-state index contributed by atoms with van der Waals surface area (Å²) >= 11 is 6.76. The Kier molecular flexibility index (Phi) is 4.57. The first-order valence-electron chi connectivity index (χ1n) is 7.16. The third kappa shape index (κ3) is 3.53. The van der Waals surface area contributed by atoms with Crippen LogP contribution in [0.3, 0.4) is 0 Å². The predicted octanol–water partition coefficient (Wildman–Crippen LogP) is 5.13. The van der Waals surface area contributed by atoms with E-state index in [1.165, 1.54) is 18.3 Å². The van der Waals surface area contributed by atoms with Gasteiger partial charge in [-0.05, 0) is 36.8 Å². The number of thiazole rings is 1. The van der Waals surface area contributed by atoms with Gasteiger partial charge in [0.25, 0.3) is 0 Å². The van der Waals surface area contributed by atoms with E-state index in [9.17, 15) is 18.3 Å². The lowest BCUT2D eigenvalue weighted by Crippen LogP contribution is -2.21. The third-order valence-corrected chi connectivity index (χ3v) is 5.33. The molecule has 2 aromatic heterocycles. The molecule has 3 aromatic rings. The molecule has 1 N–H and O–H groups in total. The van der Waals surface area contributed by atoms with Crippen molar-refractivity contribution in [1.82, 2.24) is 9.97 Å². The molecular formula is C17H12ClF3N2OS. The highest BCUT2D eigenvalue weighted by Crippen LogP contribution is 2.40. The van der Waals surface area contributed by atoms with Crippen molar-refractivity contribution in [3.63, 3.8) is 0 Å². The van der Waals surface area contributed by atoms with Crippen LogP contribution in [0.15, 0.2) is 48.9 Å². The molecule has 3 nitrogen and oxygen atoms in total. The maximum absolute atomic E-state index is 13.0. The van der Waals surface area contributed by atoms with E-state index in [4.69, 9.17) is 11.6 Å². The monoisotopic (exact) mass is 384 g/mol. The standard InChI is InChI=1S/C17H12ClF3N2OS/c1-16(24,11-4-6-22-7-5-11)14-9-23-15(25-14)10-2-3-13(18)12(8-10)17(19,20)21/h2-9,24H,1H3. The summed E-state index contributed by atoms with van der Waals surface area (Å²) in [6, 6.07) is 6.97. The van der Waals surface area contributed by atoms with Gasteiger partial charge in [-0.25, -0.2) is 4.98 Å². The summed E-state index contributed by atoms with van der Waals surface area (Å²) < 4.78 is 39.0. The van der Waals surface area contributed by atoms with Crippen LogP contribution in [-0.4, -0.2) is 15.1 Å². The highest BCUT2D eigenvalue weighted by atomic mass is 35.5. The van der Waals surface area contributed by atoms with Crippen molar-refractivity contribution < 1.29 is 18.3 Å². The predicted molar refractivity (Wildman–Crippen MR) is 90.5 cm³/mol. The number of aromatic nitrogens is 2. The van der Waals surface area contributed by atoms with Crippen LogP contribution in [0.2, 0.25) is 5.02 Å². The van der Waals surface area contributed by atoms with E-state index in [1.807, 2.05) is 0 Å². The highest BCUT2D eigenvalue weighted by molar-refractivity contribution is 7.15. The lowest BCUT2D eigenvalue weighted by Gasteiger charge is -2.21. The molecule has 0 aliphatic carbocycles. The van der Waals surface area contributed by atoms with Crippen LogP contribution in [0.1, 0.15) is 22.9 Å². The topological polar surface area (TPSA) is 46.0 Å². The van der Waals surface area contributed by atoms with Crippen molar-refractivity contribution in [1.29, 1.82) is 0 Å². The highest BCUT2D eigenvalue weighted by Gasteiger charge is 2.34. The van der Waals surface area contributed by atoms with E-state index in [0.29, 0.717) is 21.0 Å². The number of pyridine rings is 1. The van der Waals surface area contributed by atoms with E-state index < -0.39 is 17.3 Å². The summed E-state index contributed by atoms with van der Waals surface area (Å²) in [6.07, 6.45) is 0.0269. The molecule has 0 aliphatic heterocycles. The van der Waals surface area contributed by atoms with Gasteiger partial charge in [-0.2, -0.15) is 13.2 Å². The van der Waals surface area contributed by atoms with Crippen molar-refractivity contribution in [2.75, 3.05) is 0 Å². The maximum atomic E-state index is 13.0. The van der Waals surface area contributed by atoms with Crippen molar-refractivity contribution >= 4 is 22.9 Å². The summed E-state index contributed by atoms with van der Waals surface area (Å²) in [5.41, 5.74) is -1.33. The summed E-state index contributed by atoms with van der Waals surface area (Å²) in [4.78, 5) is 8.58. The van der Waals surface area contributed by atoms with Gasteiger partial charge in [0.15, 0.2) is 0 Å². The van der Waals surface area contributed by atoms with Gasteiger partial charge in [0.1, 0.15) is 10.6 Å². The summed E-state index contributed by atoms with van der Waals surface area (Å²) in [6.45, 7) is 1.60. The van der Waals surface area contributed by atoms with Crippen molar-refractivity contribution in [2.24, 2.45) is 0 Å². The molecule has 1 unspecified atom stereocenters. The molecule has 0 spiro atoms. The van der Waals surface area contributed by atoms with Gasteiger partial charge in [0.05, 0.1) is 15.5 Å². The van der Waals surface area contributed by atoms with Crippen LogP contribution in [0, 0.1) is 0 Å². The first kappa shape index (κ1) is 17.8. The molecule has 0 radical (unpaired) electrons. The van der Waals surface area contributed by atoms with Crippen molar-refractivity contribution in [2.45, 2.75) is 18.7 Å². The van der Waals surface area contributed by atoms with Gasteiger partial charge in [-0.1, -0.05) is 17.7 Å². The second-order valence-corrected chi connectivity index (χ2v) is 6.97. The molecule has 1 atom stereocenters. The zero-order valence-corrected chi connectivity index (χ0v) is 14.5. The number of aliphatic hydroxyl groups is 1. The maximum Gasteiger partial charge on any atom is 0.417 e. The summed E-state index contributed by atoms with van der Waals surface area (Å²) in [7, 11) is 0. The normalized spacial score (nSPS) is 14.3. The van der Waals surface area contributed by atoms with Gasteiger partial charge < -0.3 is 5.11 Å². The van der Waals surface area contributed by atoms with E-state index in [-0.39, 0.29) is 5.02 Å². The number of nitrogens with zero attached hydrogens (tertiary/aromatic N) is 2. The molecule has 130 valence electrons. The molecule has 0 fully saturated rings. The smallest absolute Gasteiger partial charge is 0.380 e. The Labute approximate surface area is 150 Å². The summed E-state index contributed by atoms with van der Waals surface area (Å²) in [5, 5.41) is 10.8. The van der Waals surface area contributed by atoms with Crippen LogP contribution >= 0.6 is 22.9 Å². The number of benzene rings is 1. The van der Waals surface area contributed by atoms with Crippen LogP contribution in [0.4, 0.5) is 13.2 Å². The Morgan fingerprint density at radius 3 is 2.44 bits per heavy atom. The quantitative estimate of drug-likeness (QED) is 0.680. The van der Waals surface area contributed by atoms with E-state index in [2.05, 4.69) is 9.97 Å². The van der Waals surface area contributed by atoms with Gasteiger partial charge >= 0.3 is 6.18 Å². The zero-order valence-electron chi connectivity index (χ0n) is 12.9. The first-order chi connectivity index (χ1) is 11.7. The van der Waals surface area contributed by atoms with Crippen molar-refractivity contribution in [3.8, 4) is 10.6 Å². The van der Waals surface area contributed by atoms with Crippen LogP contribution in [0.25, 0.3) is 10.6 Å². The summed E-state index contributed by atoms with van der Waals surface area (Å²) in [5.74, 6) is 0. The molecule has 0 bridgehead atoms. The Bertz CT molecular complexity index is 894. The molecule has 1 aromatic carbocycles. The Morgan fingerprint density at radius 1 is 1.12 bits per heavy atom. The first-order valence-corrected chi connectivity index (χ1v) is 8.35. The average Bonchev–Trinajstić information content (AvgIpc) is 3.06. The molecular weight excluding hydrogens is 373 g/mol. The molecule has 8 heteroatoms. The molecule has 0 aliphatic rings. The van der Waals surface area contributed by atoms with Crippen LogP contribution < -0.4 is 0 Å². The number of rotatable bonds is 3. The van der Waals surface area contributed by atoms with E-state index in [1.54, 1.807) is 31.5 Å². The number of halogens is 4. The minimum absolute atomic E-state index is 0.290. The third-order valence-electron chi connectivity index (χ3n) is 3.75. The lowest BCUT2D eigenvalue weighted by atomic mass is 9.96. The van der Waals surface area contributed by atoms with Crippen LogP contribution in [0.5, 0.6) is 0 Å². The SMILES string of the molecule is CC(O)(c1ccncc1)c1cnc(-c2ccc(Cl)c(C(F)(F)F)c2)s1. The van der Waals surface area contributed by atoms with Crippen LogP contribution in [-0.2, 0) is 11.8 Å². The molecule has 0 saturated carbocycles. The Balaban J connectivity index is 2.00. The fourth-order valence-electron chi connectivity index (χ4n) is 2.33. The minimum atomic E-state index is -4.55. The number of hydrogen-bond donors (Lipinski definition) is 1.